The summed E-state index contributed by atoms with van der Waals surface area (Å²) in [6, 6.07) is 64.8. The number of aromatic nitrogens is 1. The lowest BCUT2D eigenvalue weighted by atomic mass is 9.74. The summed E-state index contributed by atoms with van der Waals surface area (Å²) in [4.78, 5) is 0. The topological polar surface area (TPSA) is 4.93 Å². The van der Waals surface area contributed by atoms with E-state index in [1.165, 1.54) is 99.9 Å². The number of rotatable bonds is 5. The van der Waals surface area contributed by atoms with Crippen LogP contribution in [0.25, 0.3) is 72.0 Å². The molecule has 0 amide bonds. The molecule has 3 aliphatic rings. The molecule has 260 valence electrons. The van der Waals surface area contributed by atoms with E-state index in [4.69, 9.17) is 0 Å². The molecule has 1 heteroatoms. The molecule has 8 aromatic rings. The Morgan fingerprint density at radius 3 is 1.93 bits per heavy atom. The molecule has 0 bridgehead atoms. The van der Waals surface area contributed by atoms with Gasteiger partial charge in [-0.05, 0) is 129 Å². The average Bonchev–Trinajstić information content (AvgIpc) is 3.98. The van der Waals surface area contributed by atoms with Gasteiger partial charge in [0.25, 0.3) is 0 Å². The van der Waals surface area contributed by atoms with Gasteiger partial charge >= 0.3 is 0 Å². The molecule has 0 fully saturated rings. The predicted octanol–water partition coefficient (Wildman–Crippen LogP) is 14.2. The predicted molar refractivity (Wildman–Crippen MR) is 233 cm³/mol. The minimum absolute atomic E-state index is 0.445. The maximum absolute atomic E-state index is 2.50. The molecule has 0 aliphatic heterocycles. The summed E-state index contributed by atoms with van der Waals surface area (Å²) < 4.78 is 2.39. The molecular formula is C54H39N. The van der Waals surface area contributed by atoms with E-state index in [-0.39, 0.29) is 0 Å². The van der Waals surface area contributed by atoms with Crippen LogP contribution in [0.3, 0.4) is 0 Å². The van der Waals surface area contributed by atoms with Crippen LogP contribution in [0.4, 0.5) is 0 Å². The third-order valence-corrected chi connectivity index (χ3v) is 12.0. The van der Waals surface area contributed by atoms with E-state index in [0.717, 1.165) is 12.8 Å². The molecule has 1 aromatic heterocycles. The van der Waals surface area contributed by atoms with E-state index in [2.05, 4.69) is 200 Å². The van der Waals surface area contributed by atoms with Crippen molar-refractivity contribution in [3.63, 3.8) is 0 Å². The number of fused-ring (bicyclic) bond motifs is 8. The van der Waals surface area contributed by atoms with Gasteiger partial charge in [0, 0.05) is 22.4 Å². The summed E-state index contributed by atoms with van der Waals surface area (Å²) in [5.74, 6) is 0.445. The number of hydrogen-bond acceptors (Lipinski definition) is 0. The smallest absolute Gasteiger partial charge is 0.0541 e. The number of nitrogens with zero attached hydrogens (tertiary/aromatic N) is 1. The monoisotopic (exact) mass is 701 g/mol. The SMILES string of the molecule is CC1=C(\c2cccc(-c3ccc4c(c3)c3ccccc3n4-c3ccccc3)c2)C2=C(CC/C=C\1c1ccc(-c3ccccc3)cc1)C1C=C1c1ccccc12. The number of allylic oxidation sites excluding steroid dienone is 8. The second-order valence-electron chi connectivity index (χ2n) is 15.1. The van der Waals surface area contributed by atoms with E-state index >= 15 is 0 Å². The molecule has 11 rings (SSSR count). The van der Waals surface area contributed by atoms with Gasteiger partial charge in [-0.1, -0.05) is 157 Å². The van der Waals surface area contributed by atoms with Gasteiger partial charge in [0.05, 0.1) is 11.0 Å². The quantitative estimate of drug-likeness (QED) is 0.168. The zero-order valence-electron chi connectivity index (χ0n) is 30.8. The van der Waals surface area contributed by atoms with E-state index in [0.29, 0.717) is 5.92 Å². The average molecular weight is 702 g/mol. The van der Waals surface area contributed by atoms with Gasteiger partial charge in [-0.15, -0.1) is 0 Å². The number of para-hydroxylation sites is 2. The molecule has 3 aliphatic carbocycles. The fourth-order valence-electron chi connectivity index (χ4n) is 9.41. The second kappa shape index (κ2) is 12.7. The van der Waals surface area contributed by atoms with Gasteiger partial charge in [0.15, 0.2) is 0 Å². The summed E-state index contributed by atoms with van der Waals surface area (Å²) in [6.07, 6.45) is 7.06. The Hall–Kier alpha value is -6.70. The number of benzene rings is 7. The zero-order chi connectivity index (χ0) is 36.5. The largest absolute Gasteiger partial charge is 0.309 e. The van der Waals surface area contributed by atoms with E-state index in [1.807, 2.05) is 0 Å². The molecule has 0 radical (unpaired) electrons. The molecule has 1 unspecified atom stereocenters. The second-order valence-corrected chi connectivity index (χ2v) is 15.1. The Balaban J connectivity index is 1.08. The first-order valence-corrected chi connectivity index (χ1v) is 19.5. The molecule has 0 spiro atoms. The molecule has 7 aromatic carbocycles. The molecule has 0 N–H and O–H groups in total. The first-order chi connectivity index (χ1) is 27.2. The van der Waals surface area contributed by atoms with Gasteiger partial charge in [0.2, 0.25) is 0 Å². The van der Waals surface area contributed by atoms with Crippen molar-refractivity contribution in [3.8, 4) is 27.9 Å². The summed E-state index contributed by atoms with van der Waals surface area (Å²) in [7, 11) is 0. The van der Waals surface area contributed by atoms with E-state index < -0.39 is 0 Å². The van der Waals surface area contributed by atoms with E-state index in [9.17, 15) is 0 Å². The highest BCUT2D eigenvalue weighted by Crippen LogP contribution is 2.57. The summed E-state index contributed by atoms with van der Waals surface area (Å²) in [6.45, 7) is 2.36. The van der Waals surface area contributed by atoms with Crippen LogP contribution in [-0.4, -0.2) is 4.57 Å². The van der Waals surface area contributed by atoms with Gasteiger partial charge in [-0.25, -0.2) is 0 Å². The molecule has 0 saturated carbocycles. The van der Waals surface area contributed by atoms with Gasteiger partial charge in [0.1, 0.15) is 0 Å². The van der Waals surface area contributed by atoms with Crippen molar-refractivity contribution in [2.24, 2.45) is 5.92 Å². The van der Waals surface area contributed by atoms with Crippen LogP contribution < -0.4 is 0 Å². The molecule has 1 heterocycles. The van der Waals surface area contributed by atoms with Crippen molar-refractivity contribution in [2.75, 3.05) is 0 Å². The van der Waals surface area contributed by atoms with Crippen LogP contribution in [0.5, 0.6) is 0 Å². The lowest BCUT2D eigenvalue weighted by molar-refractivity contribution is 0.902. The van der Waals surface area contributed by atoms with Gasteiger partial charge in [-0.3, -0.25) is 0 Å². The van der Waals surface area contributed by atoms with Crippen molar-refractivity contribution >= 4 is 44.1 Å². The van der Waals surface area contributed by atoms with Gasteiger partial charge in [-0.2, -0.15) is 0 Å². The van der Waals surface area contributed by atoms with E-state index in [1.54, 1.807) is 5.57 Å². The molecule has 55 heavy (non-hydrogen) atoms. The minimum atomic E-state index is 0.445. The third-order valence-electron chi connectivity index (χ3n) is 12.0. The van der Waals surface area contributed by atoms with Crippen LogP contribution in [0, 0.1) is 5.92 Å². The van der Waals surface area contributed by atoms with Crippen molar-refractivity contribution in [1.29, 1.82) is 0 Å². The van der Waals surface area contributed by atoms with Crippen molar-refractivity contribution in [2.45, 2.75) is 19.8 Å². The molecule has 1 nitrogen and oxygen atoms in total. The van der Waals surface area contributed by atoms with Crippen LogP contribution in [0.1, 0.15) is 42.0 Å². The van der Waals surface area contributed by atoms with Crippen LogP contribution in [0.2, 0.25) is 0 Å². The molecule has 1 atom stereocenters. The summed E-state index contributed by atoms with van der Waals surface area (Å²) in [5, 5.41) is 2.54. The Morgan fingerprint density at radius 1 is 0.473 bits per heavy atom. The normalized spacial score (nSPS) is 18.5. The maximum atomic E-state index is 2.50. The fourth-order valence-corrected chi connectivity index (χ4v) is 9.41. The highest BCUT2D eigenvalue weighted by molar-refractivity contribution is 6.17. The van der Waals surface area contributed by atoms with Crippen LogP contribution in [-0.2, 0) is 0 Å². The zero-order valence-corrected chi connectivity index (χ0v) is 30.8. The molecular weight excluding hydrogens is 663 g/mol. The van der Waals surface area contributed by atoms with Crippen LogP contribution >= 0.6 is 0 Å². The Labute approximate surface area is 322 Å². The first-order valence-electron chi connectivity index (χ1n) is 19.5. The third kappa shape index (κ3) is 5.22. The Morgan fingerprint density at radius 2 is 1.09 bits per heavy atom. The summed E-state index contributed by atoms with van der Waals surface area (Å²) >= 11 is 0. The van der Waals surface area contributed by atoms with Gasteiger partial charge < -0.3 is 4.57 Å². The Kier molecular flexibility index (Phi) is 7.35. The van der Waals surface area contributed by atoms with Crippen molar-refractivity contribution < 1.29 is 0 Å². The lowest BCUT2D eigenvalue weighted by Crippen LogP contribution is -2.09. The maximum Gasteiger partial charge on any atom is 0.0541 e. The standard InChI is InChI=1S/C54H39N/c1-35-43(38-28-26-37(27-29-38)36-14-4-2-5-15-36)23-13-24-47-49-34-48(49)44-20-8-9-22-46(44)54(47)53(35)41-17-12-16-39(32-41)40-30-31-52-50(33-40)45-21-10-11-25-51(45)55(52)42-18-6-3-7-19-42/h2-12,14-23,25-34,49H,13,24H2,1H3/b43-23+,53-35-. The molecule has 0 saturated heterocycles. The first kappa shape index (κ1) is 31.8. The van der Waals surface area contributed by atoms with Crippen molar-refractivity contribution in [1.82, 2.24) is 4.57 Å². The summed E-state index contributed by atoms with van der Waals surface area (Å²) in [5.41, 5.74) is 22.4. The lowest BCUT2D eigenvalue weighted by Gasteiger charge is -2.29. The highest BCUT2D eigenvalue weighted by Gasteiger charge is 2.39. The fraction of sp³-hybridized carbons (Fsp3) is 0.0741. The number of hydrogen-bond donors (Lipinski definition) is 0. The Bertz CT molecular complexity index is 2950. The highest BCUT2D eigenvalue weighted by atomic mass is 15.0. The minimum Gasteiger partial charge on any atom is -0.309 e. The van der Waals surface area contributed by atoms with Crippen molar-refractivity contribution in [3.05, 3.63) is 221 Å². The van der Waals surface area contributed by atoms with Crippen LogP contribution in [0.15, 0.2) is 199 Å².